The first-order chi connectivity index (χ1) is 9.63. The van der Waals surface area contributed by atoms with Crippen LogP contribution in [0.4, 0.5) is 5.69 Å². The highest BCUT2D eigenvalue weighted by atomic mass is 16.4. The number of rotatable bonds is 6. The number of anilines is 1. The molecule has 0 amide bonds. The summed E-state index contributed by atoms with van der Waals surface area (Å²) in [5, 5.41) is 8.85. The van der Waals surface area contributed by atoms with Gasteiger partial charge in [0.2, 0.25) is 0 Å². The van der Waals surface area contributed by atoms with Crippen molar-refractivity contribution < 1.29 is 9.90 Å². The molecule has 0 aromatic heterocycles. The number of carboxylic acid groups (broad SMARTS) is 1. The third kappa shape index (κ3) is 2.96. The molecule has 0 unspecified atom stereocenters. The molecule has 1 N–H and O–H groups in total. The summed E-state index contributed by atoms with van der Waals surface area (Å²) in [4.78, 5) is 15.4. The summed E-state index contributed by atoms with van der Waals surface area (Å²) in [5.41, 5.74) is 4.09. The second-order valence-corrected chi connectivity index (χ2v) is 5.98. The minimum atomic E-state index is -0.703. The number of fused-ring (bicyclic) bond motifs is 1. The van der Waals surface area contributed by atoms with Crippen LogP contribution in [0.3, 0.4) is 0 Å². The van der Waals surface area contributed by atoms with E-state index in [1.807, 2.05) is 0 Å². The molecule has 4 nitrogen and oxygen atoms in total. The fourth-order valence-electron chi connectivity index (χ4n) is 3.02. The maximum absolute atomic E-state index is 10.8. The lowest BCUT2D eigenvalue weighted by Crippen LogP contribution is -2.28. The molecule has 1 fully saturated rings. The Labute approximate surface area is 120 Å². The fourth-order valence-corrected chi connectivity index (χ4v) is 3.02. The predicted octanol–water partition coefficient (Wildman–Crippen LogP) is 2.12. The molecule has 2 aliphatic rings. The highest BCUT2D eigenvalue weighted by Gasteiger charge is 2.29. The molecule has 0 saturated heterocycles. The van der Waals surface area contributed by atoms with Gasteiger partial charge in [0.15, 0.2) is 0 Å². The SMILES string of the molecule is CN1CCc2cc(CN(CCC(=O)O)C3CC3)ccc21. The van der Waals surface area contributed by atoms with Gasteiger partial charge in [-0.3, -0.25) is 9.69 Å². The molecule has 1 aliphatic carbocycles. The van der Waals surface area contributed by atoms with E-state index < -0.39 is 5.97 Å². The van der Waals surface area contributed by atoms with E-state index in [-0.39, 0.29) is 6.42 Å². The molecular formula is C16H22N2O2. The average Bonchev–Trinajstić information content (AvgIpc) is 3.20. The van der Waals surface area contributed by atoms with E-state index in [1.54, 1.807) is 0 Å². The largest absolute Gasteiger partial charge is 0.481 e. The number of likely N-dealkylation sites (N-methyl/N-ethyl adjacent to an activating group) is 1. The van der Waals surface area contributed by atoms with Crippen LogP contribution < -0.4 is 4.90 Å². The van der Waals surface area contributed by atoms with Crippen molar-refractivity contribution in [2.75, 3.05) is 25.0 Å². The highest BCUT2D eigenvalue weighted by molar-refractivity contribution is 5.66. The quantitative estimate of drug-likeness (QED) is 0.863. The maximum Gasteiger partial charge on any atom is 0.304 e. The van der Waals surface area contributed by atoms with Crippen LogP contribution in [0.15, 0.2) is 18.2 Å². The monoisotopic (exact) mass is 274 g/mol. The van der Waals surface area contributed by atoms with Crippen LogP contribution in [0.25, 0.3) is 0 Å². The van der Waals surface area contributed by atoms with Crippen molar-refractivity contribution in [2.45, 2.75) is 38.3 Å². The highest BCUT2D eigenvalue weighted by Crippen LogP contribution is 2.31. The number of carboxylic acids is 1. The lowest BCUT2D eigenvalue weighted by atomic mass is 10.1. The molecule has 1 heterocycles. The van der Waals surface area contributed by atoms with Crippen molar-refractivity contribution >= 4 is 11.7 Å². The Bertz CT molecular complexity index is 511. The van der Waals surface area contributed by atoms with Gasteiger partial charge in [-0.15, -0.1) is 0 Å². The Balaban J connectivity index is 1.67. The Kier molecular flexibility index (Phi) is 3.66. The number of hydrogen-bond acceptors (Lipinski definition) is 3. The predicted molar refractivity (Wildman–Crippen MR) is 79.1 cm³/mol. The number of nitrogens with zero attached hydrogens (tertiary/aromatic N) is 2. The van der Waals surface area contributed by atoms with Gasteiger partial charge in [0.1, 0.15) is 0 Å². The van der Waals surface area contributed by atoms with Gasteiger partial charge in [-0.2, -0.15) is 0 Å². The number of carbonyl (C=O) groups is 1. The summed E-state index contributed by atoms with van der Waals surface area (Å²) < 4.78 is 0. The lowest BCUT2D eigenvalue weighted by Gasteiger charge is -2.21. The van der Waals surface area contributed by atoms with Gasteiger partial charge in [-0.1, -0.05) is 12.1 Å². The number of hydrogen-bond donors (Lipinski definition) is 1. The standard InChI is InChI=1S/C16H22N2O2/c1-17-8-6-13-10-12(2-5-15(13)17)11-18(14-3-4-14)9-7-16(19)20/h2,5,10,14H,3-4,6-9,11H2,1H3,(H,19,20). The molecule has 1 saturated carbocycles. The van der Waals surface area contributed by atoms with Crippen LogP contribution in [0.2, 0.25) is 0 Å². The van der Waals surface area contributed by atoms with E-state index in [9.17, 15) is 4.79 Å². The van der Waals surface area contributed by atoms with Gasteiger partial charge in [0.25, 0.3) is 0 Å². The molecule has 3 rings (SSSR count). The molecular weight excluding hydrogens is 252 g/mol. The van der Waals surface area contributed by atoms with Crippen molar-refractivity contribution in [2.24, 2.45) is 0 Å². The van der Waals surface area contributed by atoms with Gasteiger partial charge in [-0.05, 0) is 36.5 Å². The first-order valence-corrected chi connectivity index (χ1v) is 7.42. The summed E-state index contributed by atoms with van der Waals surface area (Å²) in [6, 6.07) is 7.30. The zero-order chi connectivity index (χ0) is 14.1. The zero-order valence-corrected chi connectivity index (χ0v) is 12.0. The molecule has 20 heavy (non-hydrogen) atoms. The van der Waals surface area contributed by atoms with Crippen molar-refractivity contribution in [1.29, 1.82) is 0 Å². The van der Waals surface area contributed by atoms with E-state index in [0.29, 0.717) is 12.6 Å². The summed E-state index contributed by atoms with van der Waals surface area (Å²) in [6.45, 7) is 2.65. The van der Waals surface area contributed by atoms with Crippen LogP contribution in [-0.4, -0.2) is 42.2 Å². The van der Waals surface area contributed by atoms with Crippen LogP contribution in [0.1, 0.15) is 30.4 Å². The summed E-state index contributed by atoms with van der Waals surface area (Å²) in [7, 11) is 2.13. The third-order valence-electron chi connectivity index (χ3n) is 4.33. The van der Waals surface area contributed by atoms with Crippen molar-refractivity contribution in [1.82, 2.24) is 4.90 Å². The summed E-state index contributed by atoms with van der Waals surface area (Å²) in [5.74, 6) is -0.703. The normalized spacial score (nSPS) is 17.6. The van der Waals surface area contributed by atoms with Gasteiger partial charge in [-0.25, -0.2) is 0 Å². The van der Waals surface area contributed by atoms with Crippen molar-refractivity contribution in [3.05, 3.63) is 29.3 Å². The Morgan fingerprint density at radius 3 is 2.95 bits per heavy atom. The molecule has 4 heteroatoms. The Morgan fingerprint density at radius 2 is 2.25 bits per heavy atom. The molecule has 0 radical (unpaired) electrons. The van der Waals surface area contributed by atoms with Crippen LogP contribution in [0, 0.1) is 0 Å². The van der Waals surface area contributed by atoms with Gasteiger partial charge in [0, 0.05) is 38.4 Å². The van der Waals surface area contributed by atoms with E-state index in [4.69, 9.17) is 5.11 Å². The molecule has 1 aromatic carbocycles. The van der Waals surface area contributed by atoms with Gasteiger partial charge < -0.3 is 10.0 Å². The van der Waals surface area contributed by atoms with Crippen molar-refractivity contribution in [3.63, 3.8) is 0 Å². The first-order valence-electron chi connectivity index (χ1n) is 7.42. The third-order valence-corrected chi connectivity index (χ3v) is 4.33. The summed E-state index contributed by atoms with van der Waals surface area (Å²) in [6.07, 6.45) is 3.79. The van der Waals surface area contributed by atoms with Crippen LogP contribution in [0.5, 0.6) is 0 Å². The van der Waals surface area contributed by atoms with Crippen LogP contribution >= 0.6 is 0 Å². The average molecular weight is 274 g/mol. The minimum Gasteiger partial charge on any atom is -0.481 e. The second-order valence-electron chi connectivity index (χ2n) is 5.98. The molecule has 0 spiro atoms. The Hall–Kier alpha value is -1.55. The maximum atomic E-state index is 10.8. The number of aliphatic carboxylic acids is 1. The zero-order valence-electron chi connectivity index (χ0n) is 12.0. The first kappa shape index (κ1) is 13.4. The van der Waals surface area contributed by atoms with Crippen LogP contribution in [-0.2, 0) is 17.8 Å². The Morgan fingerprint density at radius 1 is 1.45 bits per heavy atom. The van der Waals surface area contributed by atoms with E-state index in [1.165, 1.54) is 29.7 Å². The van der Waals surface area contributed by atoms with Gasteiger partial charge >= 0.3 is 5.97 Å². The molecule has 1 aliphatic heterocycles. The minimum absolute atomic E-state index is 0.240. The lowest BCUT2D eigenvalue weighted by molar-refractivity contribution is -0.137. The fraction of sp³-hybridized carbons (Fsp3) is 0.562. The van der Waals surface area contributed by atoms with E-state index >= 15 is 0 Å². The molecule has 0 atom stereocenters. The second kappa shape index (κ2) is 5.44. The van der Waals surface area contributed by atoms with E-state index in [2.05, 4.69) is 35.0 Å². The molecule has 108 valence electrons. The topological polar surface area (TPSA) is 43.8 Å². The summed E-state index contributed by atoms with van der Waals surface area (Å²) >= 11 is 0. The molecule has 0 bridgehead atoms. The van der Waals surface area contributed by atoms with E-state index in [0.717, 1.165) is 19.5 Å². The van der Waals surface area contributed by atoms with Crippen molar-refractivity contribution in [3.8, 4) is 0 Å². The van der Waals surface area contributed by atoms with Gasteiger partial charge in [0.05, 0.1) is 6.42 Å². The smallest absolute Gasteiger partial charge is 0.304 e. The number of benzene rings is 1. The molecule has 1 aromatic rings.